The molecule has 2 rings (SSSR count). The van der Waals surface area contributed by atoms with E-state index >= 15 is 0 Å². The standard InChI is InChI=1S/C12H17N3OS2/c1-17-11(13)15-12(16)14-7-9-6-8-4-2-3-5-10(8)18-9/h6H,2-5,7H2,1H3,(H3,13,14,15,16). The van der Waals surface area contributed by atoms with E-state index < -0.39 is 0 Å². The van der Waals surface area contributed by atoms with Gasteiger partial charge in [-0.15, -0.1) is 11.3 Å². The maximum Gasteiger partial charge on any atom is 0.321 e. The summed E-state index contributed by atoms with van der Waals surface area (Å²) < 4.78 is 0. The van der Waals surface area contributed by atoms with Gasteiger partial charge in [0, 0.05) is 9.75 Å². The Kier molecular flexibility index (Phi) is 4.66. The van der Waals surface area contributed by atoms with E-state index in [9.17, 15) is 4.79 Å². The van der Waals surface area contributed by atoms with E-state index in [-0.39, 0.29) is 11.2 Å². The van der Waals surface area contributed by atoms with Gasteiger partial charge in [-0.2, -0.15) is 0 Å². The van der Waals surface area contributed by atoms with Gasteiger partial charge in [-0.3, -0.25) is 10.7 Å². The van der Waals surface area contributed by atoms with Crippen molar-refractivity contribution in [3.63, 3.8) is 0 Å². The molecule has 0 fully saturated rings. The number of amidine groups is 1. The quantitative estimate of drug-likeness (QED) is 0.577. The maximum absolute atomic E-state index is 11.5. The number of carbonyl (C=O) groups excluding carboxylic acids is 1. The first kappa shape index (κ1) is 13.4. The highest BCUT2D eigenvalue weighted by Gasteiger charge is 2.13. The predicted octanol–water partition coefficient (Wildman–Crippen LogP) is 2.72. The van der Waals surface area contributed by atoms with Gasteiger partial charge in [0.05, 0.1) is 6.54 Å². The number of nitrogens with one attached hydrogen (secondary N) is 3. The molecule has 0 aliphatic heterocycles. The SMILES string of the molecule is CSC(=N)NC(=O)NCc1cc2c(s1)CCCC2. The Morgan fingerprint density at radius 2 is 2.28 bits per heavy atom. The monoisotopic (exact) mass is 283 g/mol. The molecule has 2 amide bonds. The lowest BCUT2D eigenvalue weighted by atomic mass is 9.99. The van der Waals surface area contributed by atoms with Crippen LogP contribution in [0.2, 0.25) is 0 Å². The molecule has 1 aliphatic carbocycles. The minimum Gasteiger partial charge on any atom is -0.333 e. The van der Waals surface area contributed by atoms with Crippen LogP contribution in [0.25, 0.3) is 0 Å². The summed E-state index contributed by atoms with van der Waals surface area (Å²) >= 11 is 3.01. The van der Waals surface area contributed by atoms with E-state index in [2.05, 4.69) is 16.7 Å². The highest BCUT2D eigenvalue weighted by atomic mass is 32.2. The van der Waals surface area contributed by atoms with E-state index in [1.54, 1.807) is 17.6 Å². The molecular formula is C12H17N3OS2. The number of hydrogen-bond donors (Lipinski definition) is 3. The number of carbonyl (C=O) groups is 1. The summed E-state index contributed by atoms with van der Waals surface area (Å²) in [6.07, 6.45) is 6.68. The summed E-state index contributed by atoms with van der Waals surface area (Å²) in [7, 11) is 0. The van der Waals surface area contributed by atoms with Crippen LogP contribution in [-0.4, -0.2) is 17.5 Å². The zero-order valence-electron chi connectivity index (χ0n) is 10.3. The van der Waals surface area contributed by atoms with E-state index in [0.717, 1.165) is 0 Å². The highest BCUT2D eigenvalue weighted by Crippen LogP contribution is 2.29. The van der Waals surface area contributed by atoms with Crippen molar-refractivity contribution in [3.8, 4) is 0 Å². The van der Waals surface area contributed by atoms with Crippen LogP contribution in [0.1, 0.15) is 28.2 Å². The van der Waals surface area contributed by atoms with Gasteiger partial charge in [0.25, 0.3) is 0 Å². The summed E-state index contributed by atoms with van der Waals surface area (Å²) in [5, 5.41) is 12.8. The summed E-state index contributed by atoms with van der Waals surface area (Å²) in [5.41, 5.74) is 1.46. The molecule has 0 radical (unpaired) electrons. The average Bonchev–Trinajstić information content (AvgIpc) is 2.79. The molecule has 98 valence electrons. The number of thioether (sulfide) groups is 1. The number of aryl methyl sites for hydroxylation is 2. The first-order valence-corrected chi connectivity index (χ1v) is 8.01. The van der Waals surface area contributed by atoms with Crippen LogP contribution in [0.4, 0.5) is 4.79 Å². The van der Waals surface area contributed by atoms with Crippen molar-refractivity contribution >= 4 is 34.3 Å². The van der Waals surface area contributed by atoms with Gasteiger partial charge in [0.2, 0.25) is 0 Å². The fraction of sp³-hybridized carbons (Fsp3) is 0.500. The van der Waals surface area contributed by atoms with Crippen LogP contribution in [0.15, 0.2) is 6.07 Å². The molecule has 1 heterocycles. The molecule has 0 saturated carbocycles. The topological polar surface area (TPSA) is 65.0 Å². The molecule has 0 atom stereocenters. The van der Waals surface area contributed by atoms with Crippen molar-refractivity contribution in [2.24, 2.45) is 0 Å². The van der Waals surface area contributed by atoms with Gasteiger partial charge in [0.15, 0.2) is 5.17 Å². The summed E-state index contributed by atoms with van der Waals surface area (Å²) in [6.45, 7) is 0.547. The molecule has 6 heteroatoms. The Balaban J connectivity index is 1.84. The van der Waals surface area contributed by atoms with Crippen molar-refractivity contribution < 1.29 is 4.79 Å². The molecule has 1 aliphatic rings. The van der Waals surface area contributed by atoms with Gasteiger partial charge in [0.1, 0.15) is 0 Å². The Morgan fingerprint density at radius 3 is 3.00 bits per heavy atom. The highest BCUT2D eigenvalue weighted by molar-refractivity contribution is 8.13. The van der Waals surface area contributed by atoms with E-state index in [4.69, 9.17) is 5.41 Å². The third-order valence-corrected chi connectivity index (χ3v) is 4.65. The van der Waals surface area contributed by atoms with E-state index in [1.165, 1.54) is 52.8 Å². The largest absolute Gasteiger partial charge is 0.333 e. The fourth-order valence-corrected chi connectivity index (χ4v) is 3.40. The van der Waals surface area contributed by atoms with E-state index in [1.807, 2.05) is 0 Å². The fourth-order valence-electron chi connectivity index (χ4n) is 2.01. The molecule has 3 N–H and O–H groups in total. The van der Waals surface area contributed by atoms with Crippen LogP contribution in [0.3, 0.4) is 0 Å². The maximum atomic E-state index is 11.5. The zero-order valence-corrected chi connectivity index (χ0v) is 12.0. The van der Waals surface area contributed by atoms with Crippen molar-refractivity contribution in [2.45, 2.75) is 32.2 Å². The molecular weight excluding hydrogens is 266 g/mol. The summed E-state index contributed by atoms with van der Waals surface area (Å²) in [6, 6.07) is 1.90. The number of amides is 2. The first-order chi connectivity index (χ1) is 8.69. The first-order valence-electron chi connectivity index (χ1n) is 5.97. The molecule has 0 saturated heterocycles. The summed E-state index contributed by atoms with van der Waals surface area (Å²) in [4.78, 5) is 14.1. The smallest absolute Gasteiger partial charge is 0.321 e. The molecule has 0 bridgehead atoms. The number of rotatable bonds is 2. The molecule has 0 spiro atoms. The Labute approximate surface area is 115 Å². The van der Waals surface area contributed by atoms with Gasteiger partial charge in [-0.1, -0.05) is 11.8 Å². The van der Waals surface area contributed by atoms with Gasteiger partial charge >= 0.3 is 6.03 Å². The second kappa shape index (κ2) is 6.24. The average molecular weight is 283 g/mol. The number of thiophene rings is 1. The molecule has 0 unspecified atom stereocenters. The Bertz CT molecular complexity index is 433. The lowest BCUT2D eigenvalue weighted by molar-refractivity contribution is 0.245. The lowest BCUT2D eigenvalue weighted by Crippen LogP contribution is -2.37. The molecule has 18 heavy (non-hydrogen) atoms. The molecule has 4 nitrogen and oxygen atoms in total. The molecule has 1 aromatic heterocycles. The van der Waals surface area contributed by atoms with Gasteiger partial charge in [-0.05, 0) is 43.6 Å². The molecule has 0 aromatic carbocycles. The van der Waals surface area contributed by atoms with Crippen LogP contribution in [0.5, 0.6) is 0 Å². The van der Waals surface area contributed by atoms with Crippen molar-refractivity contribution in [1.82, 2.24) is 10.6 Å². The minimum atomic E-state index is -0.305. The third kappa shape index (κ3) is 3.49. The predicted molar refractivity (Wildman–Crippen MR) is 77.6 cm³/mol. The zero-order chi connectivity index (χ0) is 13.0. The number of hydrogen-bond acceptors (Lipinski definition) is 4. The van der Waals surface area contributed by atoms with Crippen LogP contribution < -0.4 is 10.6 Å². The van der Waals surface area contributed by atoms with Gasteiger partial charge < -0.3 is 5.32 Å². The van der Waals surface area contributed by atoms with Crippen molar-refractivity contribution in [2.75, 3.05) is 6.26 Å². The Hall–Kier alpha value is -1.01. The van der Waals surface area contributed by atoms with Crippen LogP contribution in [-0.2, 0) is 19.4 Å². The normalized spacial score (nSPS) is 13.8. The third-order valence-electron chi connectivity index (χ3n) is 2.90. The number of fused-ring (bicyclic) bond motifs is 1. The second-order valence-electron chi connectivity index (χ2n) is 4.21. The Morgan fingerprint density at radius 1 is 1.50 bits per heavy atom. The lowest BCUT2D eigenvalue weighted by Gasteiger charge is -2.08. The van der Waals surface area contributed by atoms with Crippen LogP contribution in [0, 0.1) is 5.41 Å². The van der Waals surface area contributed by atoms with Gasteiger partial charge in [-0.25, -0.2) is 4.79 Å². The van der Waals surface area contributed by atoms with Crippen LogP contribution >= 0.6 is 23.1 Å². The second-order valence-corrected chi connectivity index (χ2v) is 6.25. The van der Waals surface area contributed by atoms with E-state index in [0.29, 0.717) is 6.54 Å². The van der Waals surface area contributed by atoms with Crippen molar-refractivity contribution in [1.29, 1.82) is 5.41 Å². The summed E-state index contributed by atoms with van der Waals surface area (Å²) in [5.74, 6) is 0. The number of urea groups is 1. The van der Waals surface area contributed by atoms with Crippen molar-refractivity contribution in [3.05, 3.63) is 21.4 Å². The molecule has 1 aromatic rings. The minimum absolute atomic E-state index is 0.165.